The van der Waals surface area contributed by atoms with Gasteiger partial charge < -0.3 is 9.88 Å². The van der Waals surface area contributed by atoms with Crippen molar-refractivity contribution in [1.29, 1.82) is 0 Å². The van der Waals surface area contributed by atoms with E-state index in [9.17, 15) is 0 Å². The lowest BCUT2D eigenvalue weighted by atomic mass is 10.1. The molecule has 0 atom stereocenters. The van der Waals surface area contributed by atoms with Crippen molar-refractivity contribution in [3.8, 4) is 0 Å². The van der Waals surface area contributed by atoms with Crippen LogP contribution in [0.25, 0.3) is 0 Å². The maximum absolute atomic E-state index is 4.10. The van der Waals surface area contributed by atoms with E-state index >= 15 is 0 Å². The number of aromatic nitrogens is 2. The first-order chi connectivity index (χ1) is 7.78. The van der Waals surface area contributed by atoms with Crippen molar-refractivity contribution in [2.75, 3.05) is 6.54 Å². The first kappa shape index (κ1) is 11.6. The summed E-state index contributed by atoms with van der Waals surface area (Å²) in [6.45, 7) is 6.81. The Morgan fingerprint density at radius 3 is 2.62 bits per heavy atom. The molecular formula is C13H23N3. The zero-order valence-electron chi connectivity index (χ0n) is 10.4. The highest BCUT2D eigenvalue weighted by atomic mass is 15.0. The van der Waals surface area contributed by atoms with E-state index in [-0.39, 0.29) is 0 Å². The minimum absolute atomic E-state index is 0.517. The van der Waals surface area contributed by atoms with Crippen LogP contribution in [0, 0.1) is 5.41 Å². The Kier molecular flexibility index (Phi) is 3.64. The van der Waals surface area contributed by atoms with Crippen LogP contribution in [-0.2, 0) is 6.54 Å². The molecule has 0 amide bonds. The largest absolute Gasteiger partial charge is 0.337 e. The Morgan fingerprint density at radius 2 is 2.12 bits per heavy atom. The standard InChI is InChI=1S/C13H23N3/c1-3-12(4-2)15-9-13(5-6-13)10-16-8-7-14-11-16/h7-8,11-12,15H,3-6,9-10H2,1-2H3. The van der Waals surface area contributed by atoms with Gasteiger partial charge in [-0.2, -0.15) is 0 Å². The topological polar surface area (TPSA) is 29.9 Å². The molecule has 1 heterocycles. The lowest BCUT2D eigenvalue weighted by Gasteiger charge is -2.21. The van der Waals surface area contributed by atoms with E-state index in [0.29, 0.717) is 11.5 Å². The Labute approximate surface area is 98.3 Å². The molecule has 0 saturated heterocycles. The molecule has 0 bridgehead atoms. The summed E-state index contributed by atoms with van der Waals surface area (Å²) in [5, 5.41) is 3.70. The highest BCUT2D eigenvalue weighted by molar-refractivity contribution is 4.96. The van der Waals surface area contributed by atoms with Crippen LogP contribution in [0.15, 0.2) is 18.7 Å². The highest BCUT2D eigenvalue weighted by Crippen LogP contribution is 2.46. The summed E-state index contributed by atoms with van der Waals surface area (Å²) >= 11 is 0. The van der Waals surface area contributed by atoms with E-state index in [1.54, 1.807) is 0 Å². The number of nitrogens with zero attached hydrogens (tertiary/aromatic N) is 2. The van der Waals surface area contributed by atoms with Crippen LogP contribution in [0.3, 0.4) is 0 Å². The molecule has 0 spiro atoms. The molecular weight excluding hydrogens is 198 g/mol. The van der Waals surface area contributed by atoms with Crippen molar-refractivity contribution < 1.29 is 0 Å². The summed E-state index contributed by atoms with van der Waals surface area (Å²) < 4.78 is 2.21. The van der Waals surface area contributed by atoms with Crippen LogP contribution >= 0.6 is 0 Å². The summed E-state index contributed by atoms with van der Waals surface area (Å²) in [6, 6.07) is 0.695. The van der Waals surface area contributed by atoms with Gasteiger partial charge in [0.2, 0.25) is 0 Å². The molecule has 90 valence electrons. The Balaban J connectivity index is 1.80. The van der Waals surface area contributed by atoms with E-state index in [4.69, 9.17) is 0 Å². The molecule has 2 rings (SSSR count). The van der Waals surface area contributed by atoms with Crippen LogP contribution in [0.4, 0.5) is 0 Å². The van der Waals surface area contributed by atoms with E-state index in [1.165, 1.54) is 25.7 Å². The van der Waals surface area contributed by atoms with Gasteiger partial charge in [-0.3, -0.25) is 0 Å². The molecule has 1 saturated carbocycles. The minimum atomic E-state index is 0.517. The van der Waals surface area contributed by atoms with Gasteiger partial charge in [0, 0.05) is 36.9 Å². The second-order valence-electron chi connectivity index (χ2n) is 5.13. The van der Waals surface area contributed by atoms with Crippen LogP contribution < -0.4 is 5.32 Å². The second-order valence-corrected chi connectivity index (χ2v) is 5.13. The fraction of sp³-hybridized carbons (Fsp3) is 0.769. The van der Waals surface area contributed by atoms with Crippen molar-refractivity contribution in [2.45, 2.75) is 52.1 Å². The second kappa shape index (κ2) is 5.00. The molecule has 0 radical (unpaired) electrons. The first-order valence-corrected chi connectivity index (χ1v) is 6.47. The minimum Gasteiger partial charge on any atom is -0.337 e. The molecule has 3 nitrogen and oxygen atoms in total. The van der Waals surface area contributed by atoms with Crippen molar-refractivity contribution in [2.24, 2.45) is 5.41 Å². The summed E-state index contributed by atoms with van der Waals surface area (Å²) in [5.41, 5.74) is 0.517. The summed E-state index contributed by atoms with van der Waals surface area (Å²) in [5.74, 6) is 0. The zero-order valence-corrected chi connectivity index (χ0v) is 10.4. The molecule has 1 aliphatic carbocycles. The molecule has 1 aromatic heterocycles. The predicted octanol–water partition coefficient (Wildman–Crippen LogP) is 2.44. The van der Waals surface area contributed by atoms with Crippen LogP contribution in [0.5, 0.6) is 0 Å². The summed E-state index contributed by atoms with van der Waals surface area (Å²) in [4.78, 5) is 4.10. The van der Waals surface area contributed by atoms with Crippen molar-refractivity contribution >= 4 is 0 Å². The normalized spacial score (nSPS) is 17.9. The van der Waals surface area contributed by atoms with Crippen LogP contribution in [-0.4, -0.2) is 22.1 Å². The average molecular weight is 221 g/mol. The molecule has 0 unspecified atom stereocenters. The Morgan fingerprint density at radius 1 is 1.38 bits per heavy atom. The zero-order chi connectivity index (χ0) is 11.4. The predicted molar refractivity (Wildman–Crippen MR) is 66.3 cm³/mol. The van der Waals surface area contributed by atoms with Gasteiger partial charge in [0.25, 0.3) is 0 Å². The van der Waals surface area contributed by atoms with Crippen LogP contribution in [0.1, 0.15) is 39.5 Å². The highest BCUT2D eigenvalue weighted by Gasteiger charge is 2.42. The SMILES string of the molecule is CCC(CC)NCC1(Cn2ccnc2)CC1. The molecule has 1 N–H and O–H groups in total. The van der Waals surface area contributed by atoms with Gasteiger partial charge in [0.1, 0.15) is 0 Å². The third-order valence-corrected chi connectivity index (χ3v) is 3.79. The average Bonchev–Trinajstić information content (AvgIpc) is 2.86. The monoisotopic (exact) mass is 221 g/mol. The summed E-state index contributed by atoms with van der Waals surface area (Å²) in [6.07, 6.45) is 11.0. The fourth-order valence-electron chi connectivity index (χ4n) is 2.27. The van der Waals surface area contributed by atoms with Gasteiger partial charge in [0.05, 0.1) is 6.33 Å². The third-order valence-electron chi connectivity index (χ3n) is 3.79. The lowest BCUT2D eigenvalue weighted by molar-refractivity contribution is 0.356. The number of imidazole rings is 1. The molecule has 1 fully saturated rings. The molecule has 16 heavy (non-hydrogen) atoms. The quantitative estimate of drug-likeness (QED) is 0.766. The molecule has 0 aromatic carbocycles. The number of nitrogens with one attached hydrogen (secondary N) is 1. The molecule has 3 heteroatoms. The maximum Gasteiger partial charge on any atom is 0.0946 e. The van der Waals surface area contributed by atoms with Gasteiger partial charge in [0.15, 0.2) is 0 Å². The third kappa shape index (κ3) is 2.85. The molecule has 1 aromatic rings. The Hall–Kier alpha value is -0.830. The van der Waals surface area contributed by atoms with Gasteiger partial charge in [-0.05, 0) is 25.7 Å². The van der Waals surface area contributed by atoms with Gasteiger partial charge in [-0.15, -0.1) is 0 Å². The van der Waals surface area contributed by atoms with E-state index in [2.05, 4.69) is 34.9 Å². The van der Waals surface area contributed by atoms with E-state index < -0.39 is 0 Å². The fourth-order valence-corrected chi connectivity index (χ4v) is 2.27. The molecule has 1 aliphatic rings. The van der Waals surface area contributed by atoms with Gasteiger partial charge in [-0.25, -0.2) is 4.98 Å². The van der Waals surface area contributed by atoms with Gasteiger partial charge in [-0.1, -0.05) is 13.8 Å². The lowest BCUT2D eigenvalue weighted by Crippen LogP contribution is -2.34. The summed E-state index contributed by atoms with van der Waals surface area (Å²) in [7, 11) is 0. The van der Waals surface area contributed by atoms with Gasteiger partial charge >= 0.3 is 0 Å². The Bertz CT molecular complexity index is 297. The van der Waals surface area contributed by atoms with Crippen molar-refractivity contribution in [3.63, 3.8) is 0 Å². The number of hydrogen-bond acceptors (Lipinski definition) is 2. The first-order valence-electron chi connectivity index (χ1n) is 6.47. The van der Waals surface area contributed by atoms with Crippen LogP contribution in [0.2, 0.25) is 0 Å². The molecule has 0 aliphatic heterocycles. The maximum atomic E-state index is 4.10. The smallest absolute Gasteiger partial charge is 0.0946 e. The van der Waals surface area contributed by atoms with E-state index in [1.807, 2.05) is 12.5 Å². The number of rotatable bonds is 7. The van der Waals surface area contributed by atoms with Crippen molar-refractivity contribution in [3.05, 3.63) is 18.7 Å². The number of hydrogen-bond donors (Lipinski definition) is 1. The van der Waals surface area contributed by atoms with E-state index in [0.717, 1.165) is 13.1 Å². The van der Waals surface area contributed by atoms with Crippen molar-refractivity contribution in [1.82, 2.24) is 14.9 Å².